The SMILES string of the molecule is O=C(NC1CCCCC1)N1CC(=O)N2[C@H](CO)[C@H](c3ccc(-c4cccc(F)c4)cc3)[C@H]2C1. The molecule has 3 amide bonds. The minimum Gasteiger partial charge on any atom is -0.394 e. The predicted molar refractivity (Wildman–Crippen MR) is 123 cm³/mol. The number of nitrogens with one attached hydrogen (secondary N) is 1. The maximum Gasteiger partial charge on any atom is 0.318 e. The smallest absolute Gasteiger partial charge is 0.318 e. The van der Waals surface area contributed by atoms with Crippen LogP contribution in [0.3, 0.4) is 0 Å². The van der Waals surface area contributed by atoms with Crippen molar-refractivity contribution in [3.8, 4) is 11.1 Å². The van der Waals surface area contributed by atoms with Crippen LogP contribution < -0.4 is 5.32 Å². The lowest BCUT2D eigenvalue weighted by molar-refractivity contribution is -0.159. The number of urea groups is 1. The first-order chi connectivity index (χ1) is 16.0. The Morgan fingerprint density at radius 2 is 1.82 bits per heavy atom. The Balaban J connectivity index is 1.31. The van der Waals surface area contributed by atoms with Crippen LogP contribution in [0.25, 0.3) is 11.1 Å². The summed E-state index contributed by atoms with van der Waals surface area (Å²) in [4.78, 5) is 29.1. The van der Waals surface area contributed by atoms with Gasteiger partial charge in [-0.25, -0.2) is 9.18 Å². The van der Waals surface area contributed by atoms with Crippen molar-refractivity contribution >= 4 is 11.9 Å². The van der Waals surface area contributed by atoms with Gasteiger partial charge in [0.2, 0.25) is 5.91 Å². The van der Waals surface area contributed by atoms with E-state index < -0.39 is 0 Å². The fourth-order valence-electron chi connectivity index (χ4n) is 5.73. The fraction of sp³-hybridized carbons (Fsp3) is 0.462. The lowest BCUT2D eigenvalue weighted by atomic mass is 9.73. The summed E-state index contributed by atoms with van der Waals surface area (Å²) in [6, 6.07) is 13.9. The summed E-state index contributed by atoms with van der Waals surface area (Å²) < 4.78 is 13.6. The highest BCUT2D eigenvalue weighted by Crippen LogP contribution is 2.43. The van der Waals surface area contributed by atoms with Gasteiger partial charge >= 0.3 is 6.03 Å². The molecule has 6 nitrogen and oxygen atoms in total. The molecule has 7 heteroatoms. The summed E-state index contributed by atoms with van der Waals surface area (Å²) in [5.41, 5.74) is 2.72. The Morgan fingerprint density at radius 1 is 1.06 bits per heavy atom. The van der Waals surface area contributed by atoms with Crippen molar-refractivity contribution < 1.29 is 19.1 Å². The van der Waals surface area contributed by atoms with Crippen molar-refractivity contribution in [2.24, 2.45) is 0 Å². The zero-order chi connectivity index (χ0) is 22.9. The zero-order valence-corrected chi connectivity index (χ0v) is 18.6. The summed E-state index contributed by atoms with van der Waals surface area (Å²) in [6.07, 6.45) is 5.47. The molecule has 1 aliphatic carbocycles. The average molecular weight is 452 g/mol. The standard InChI is InChI=1S/C26H30FN3O3/c27-20-6-4-5-19(13-20)17-9-11-18(12-10-17)25-22-14-29(15-24(32)30(22)23(25)16-31)26(33)28-21-7-2-1-3-8-21/h4-6,9-13,21-23,25,31H,1-3,7-8,14-16H2,(H,28,33)/t22-,23-,25-/m1/s1. The van der Waals surface area contributed by atoms with Gasteiger partial charge in [0.1, 0.15) is 12.4 Å². The molecular weight excluding hydrogens is 421 g/mol. The van der Waals surface area contributed by atoms with E-state index in [1.165, 1.54) is 18.6 Å². The number of carbonyl (C=O) groups excluding carboxylic acids is 2. The molecule has 3 aliphatic rings. The van der Waals surface area contributed by atoms with Gasteiger partial charge in [0.25, 0.3) is 0 Å². The zero-order valence-electron chi connectivity index (χ0n) is 18.6. The van der Waals surface area contributed by atoms with E-state index in [0.29, 0.717) is 6.54 Å². The molecule has 2 aliphatic heterocycles. The van der Waals surface area contributed by atoms with E-state index in [-0.39, 0.29) is 55.0 Å². The maximum atomic E-state index is 13.6. The monoisotopic (exact) mass is 451 g/mol. The number of hydrogen-bond acceptors (Lipinski definition) is 3. The molecule has 5 rings (SSSR count). The molecule has 3 atom stereocenters. The van der Waals surface area contributed by atoms with Crippen molar-refractivity contribution in [1.82, 2.24) is 15.1 Å². The van der Waals surface area contributed by atoms with Crippen LogP contribution in [0.4, 0.5) is 9.18 Å². The van der Waals surface area contributed by atoms with E-state index >= 15 is 0 Å². The second kappa shape index (κ2) is 9.14. The van der Waals surface area contributed by atoms with Crippen molar-refractivity contribution in [3.05, 3.63) is 59.9 Å². The van der Waals surface area contributed by atoms with Crippen molar-refractivity contribution in [2.75, 3.05) is 19.7 Å². The van der Waals surface area contributed by atoms with Crippen LogP contribution in [-0.2, 0) is 4.79 Å². The number of rotatable bonds is 4. The van der Waals surface area contributed by atoms with Crippen molar-refractivity contribution in [1.29, 1.82) is 0 Å². The molecule has 2 N–H and O–H groups in total. The molecule has 1 saturated carbocycles. The van der Waals surface area contributed by atoms with Gasteiger partial charge in [0.05, 0.1) is 18.7 Å². The lowest BCUT2D eigenvalue weighted by Crippen LogP contribution is -2.74. The molecule has 2 heterocycles. The van der Waals surface area contributed by atoms with Gasteiger partial charge in [0.15, 0.2) is 0 Å². The van der Waals surface area contributed by atoms with E-state index in [1.807, 2.05) is 30.3 Å². The van der Waals surface area contributed by atoms with Crippen molar-refractivity contribution in [3.63, 3.8) is 0 Å². The number of carbonyl (C=O) groups is 2. The topological polar surface area (TPSA) is 72.9 Å². The van der Waals surface area contributed by atoms with Gasteiger partial charge in [-0.15, -0.1) is 0 Å². The number of aliphatic hydroxyl groups excluding tert-OH is 1. The molecule has 2 saturated heterocycles. The summed E-state index contributed by atoms with van der Waals surface area (Å²) in [7, 11) is 0. The fourth-order valence-corrected chi connectivity index (χ4v) is 5.73. The molecular formula is C26H30FN3O3. The first kappa shape index (κ1) is 21.9. The molecule has 3 fully saturated rings. The minimum atomic E-state index is -0.286. The van der Waals surface area contributed by atoms with E-state index in [4.69, 9.17) is 0 Å². The molecule has 0 unspecified atom stereocenters. The Labute approximate surface area is 193 Å². The number of aliphatic hydroxyl groups is 1. The Morgan fingerprint density at radius 3 is 2.52 bits per heavy atom. The predicted octanol–water partition coefficient (Wildman–Crippen LogP) is 3.51. The number of piperazine rings is 1. The van der Waals surface area contributed by atoms with E-state index in [1.54, 1.807) is 15.9 Å². The largest absolute Gasteiger partial charge is 0.394 e. The van der Waals surface area contributed by atoms with Crippen LogP contribution in [0.2, 0.25) is 0 Å². The highest BCUT2D eigenvalue weighted by molar-refractivity contribution is 5.87. The minimum absolute atomic E-state index is 0.0502. The number of hydrogen-bond donors (Lipinski definition) is 2. The van der Waals surface area contributed by atoms with Crippen molar-refractivity contribution in [2.45, 2.75) is 56.1 Å². The van der Waals surface area contributed by atoms with Gasteiger partial charge < -0.3 is 20.2 Å². The van der Waals surface area contributed by atoms with Gasteiger partial charge in [-0.05, 0) is 41.7 Å². The molecule has 2 aromatic carbocycles. The van der Waals surface area contributed by atoms with Crippen LogP contribution in [-0.4, -0.2) is 64.7 Å². The summed E-state index contributed by atoms with van der Waals surface area (Å²) in [6.45, 7) is 0.390. The molecule has 0 spiro atoms. The number of halogens is 1. The first-order valence-electron chi connectivity index (χ1n) is 11.9. The van der Waals surface area contributed by atoms with Crippen LogP contribution >= 0.6 is 0 Å². The number of fused-ring (bicyclic) bond motifs is 1. The quantitative estimate of drug-likeness (QED) is 0.747. The van der Waals surface area contributed by atoms with E-state index in [0.717, 1.165) is 42.4 Å². The van der Waals surface area contributed by atoms with Gasteiger partial charge in [-0.2, -0.15) is 0 Å². The second-order valence-corrected chi connectivity index (χ2v) is 9.44. The number of nitrogens with zero attached hydrogens (tertiary/aromatic N) is 2. The number of amides is 3. The Kier molecular flexibility index (Phi) is 6.06. The number of benzene rings is 2. The highest BCUT2D eigenvalue weighted by Gasteiger charge is 2.54. The highest BCUT2D eigenvalue weighted by atomic mass is 19.1. The normalized spacial score (nSPS) is 25.4. The Bertz CT molecular complexity index is 1020. The van der Waals surface area contributed by atoms with Crippen LogP contribution in [0.15, 0.2) is 48.5 Å². The molecule has 0 radical (unpaired) electrons. The molecule has 174 valence electrons. The van der Waals surface area contributed by atoms with Gasteiger partial charge in [-0.1, -0.05) is 55.7 Å². The molecule has 0 aromatic heterocycles. The third-order valence-electron chi connectivity index (χ3n) is 7.43. The van der Waals surface area contributed by atoms with Gasteiger partial charge in [-0.3, -0.25) is 4.79 Å². The third-order valence-corrected chi connectivity index (χ3v) is 7.43. The molecule has 33 heavy (non-hydrogen) atoms. The van der Waals surface area contributed by atoms with Gasteiger partial charge in [0, 0.05) is 18.5 Å². The Hall–Kier alpha value is -2.93. The molecule has 2 aromatic rings. The lowest BCUT2D eigenvalue weighted by Gasteiger charge is -2.58. The van der Waals surface area contributed by atoms with E-state index in [9.17, 15) is 19.1 Å². The molecule has 0 bridgehead atoms. The van der Waals surface area contributed by atoms with Crippen LogP contribution in [0, 0.1) is 5.82 Å². The van der Waals surface area contributed by atoms with Crippen LogP contribution in [0.5, 0.6) is 0 Å². The summed E-state index contributed by atoms with van der Waals surface area (Å²) >= 11 is 0. The summed E-state index contributed by atoms with van der Waals surface area (Å²) in [5, 5.41) is 13.1. The van der Waals surface area contributed by atoms with E-state index in [2.05, 4.69) is 5.32 Å². The second-order valence-electron chi connectivity index (χ2n) is 9.44. The third kappa shape index (κ3) is 4.22. The maximum absolute atomic E-state index is 13.6. The first-order valence-corrected chi connectivity index (χ1v) is 11.9. The van der Waals surface area contributed by atoms with Crippen LogP contribution in [0.1, 0.15) is 43.6 Å². The summed E-state index contributed by atoms with van der Waals surface area (Å²) in [5.74, 6) is -0.443. The average Bonchev–Trinajstić information content (AvgIpc) is 2.81.